The Balaban J connectivity index is 0.000000214. The average molecular weight is 951 g/mol. The second-order valence-electron chi connectivity index (χ2n) is 17.4. The average Bonchev–Trinajstić information content (AvgIpc) is 3.66. The zero-order chi connectivity index (χ0) is 52.5. The summed E-state index contributed by atoms with van der Waals surface area (Å²) >= 11 is 0. The van der Waals surface area contributed by atoms with Crippen molar-refractivity contribution in [1.29, 1.82) is 5.41 Å². The van der Waals surface area contributed by atoms with Crippen LogP contribution in [0.2, 0.25) is 0 Å². The fourth-order valence-electron chi connectivity index (χ4n) is 8.43. The Labute approximate surface area is 432 Å². The number of nitrogen functional groups attached to an aromatic ring is 3. The summed E-state index contributed by atoms with van der Waals surface area (Å²) in [5, 5.41) is 11.0. The van der Waals surface area contributed by atoms with Gasteiger partial charge in [0.1, 0.15) is 0 Å². The lowest BCUT2D eigenvalue weighted by atomic mass is 9.81. The van der Waals surface area contributed by atoms with Crippen molar-refractivity contribution in [2.75, 3.05) is 17.2 Å². The largest absolute Gasteiger partial charge is 0.399 e. The maximum absolute atomic E-state index is 8.86. The van der Waals surface area contributed by atoms with Crippen molar-refractivity contribution in [2.24, 2.45) is 0 Å². The molecule has 370 valence electrons. The highest BCUT2D eigenvalue weighted by molar-refractivity contribution is 6.17. The van der Waals surface area contributed by atoms with Crippen LogP contribution in [-0.2, 0) is 5.41 Å². The second kappa shape index (κ2) is 29.3. The molecule has 2 aliphatic carbocycles. The Hall–Kier alpha value is -7.95. The summed E-state index contributed by atoms with van der Waals surface area (Å²) in [6.45, 7) is 20.8. The number of hydrogen-bond acceptors (Lipinski definition) is 4. The molecule has 0 bridgehead atoms. The lowest BCUT2D eigenvalue weighted by molar-refractivity contribution is 0.660. The minimum Gasteiger partial charge on any atom is -0.399 e. The molecule has 0 radical (unpaired) electrons. The number of allylic oxidation sites excluding steroid dienone is 8. The normalized spacial score (nSPS) is 12.3. The zero-order valence-corrected chi connectivity index (χ0v) is 44.5. The van der Waals surface area contributed by atoms with Gasteiger partial charge in [0.15, 0.2) is 0 Å². The third-order valence-electron chi connectivity index (χ3n) is 12.2. The summed E-state index contributed by atoms with van der Waals surface area (Å²) in [6.07, 6.45) is 15.5. The van der Waals surface area contributed by atoms with Gasteiger partial charge in [0.2, 0.25) is 0 Å². The molecule has 4 heteroatoms. The van der Waals surface area contributed by atoms with E-state index in [0.717, 1.165) is 33.3 Å². The maximum atomic E-state index is 8.86. The first-order valence-corrected chi connectivity index (χ1v) is 25.4. The highest BCUT2D eigenvalue weighted by Gasteiger charge is 2.35. The molecule has 7 N–H and O–H groups in total. The summed E-state index contributed by atoms with van der Waals surface area (Å²) in [5.41, 5.74) is 34.7. The van der Waals surface area contributed by atoms with Crippen LogP contribution in [0.1, 0.15) is 113 Å². The van der Waals surface area contributed by atoms with Crippen LogP contribution in [-0.4, -0.2) is 5.71 Å². The van der Waals surface area contributed by atoms with Crippen LogP contribution in [0.15, 0.2) is 225 Å². The molecule has 8 aromatic carbocycles. The molecule has 0 fully saturated rings. The second-order valence-corrected chi connectivity index (χ2v) is 17.4. The first-order chi connectivity index (χ1) is 34.9. The third-order valence-corrected chi connectivity index (χ3v) is 12.2. The van der Waals surface area contributed by atoms with E-state index in [-0.39, 0.29) is 5.41 Å². The number of aryl methyl sites for hydroxylation is 2. The molecule has 0 heterocycles. The Morgan fingerprint density at radius 3 is 1.69 bits per heavy atom. The molecule has 0 aromatic heterocycles. The molecule has 0 atom stereocenters. The zero-order valence-electron chi connectivity index (χ0n) is 44.5. The van der Waals surface area contributed by atoms with Gasteiger partial charge in [0.25, 0.3) is 0 Å². The summed E-state index contributed by atoms with van der Waals surface area (Å²) < 4.78 is 0. The van der Waals surface area contributed by atoms with E-state index in [2.05, 4.69) is 149 Å². The quantitative estimate of drug-likeness (QED) is 0.0785. The Morgan fingerprint density at radius 2 is 1.11 bits per heavy atom. The first kappa shape index (κ1) is 56.6. The van der Waals surface area contributed by atoms with Crippen LogP contribution in [0.3, 0.4) is 0 Å². The van der Waals surface area contributed by atoms with Crippen molar-refractivity contribution in [1.82, 2.24) is 0 Å². The van der Waals surface area contributed by atoms with Crippen molar-refractivity contribution in [3.63, 3.8) is 0 Å². The third kappa shape index (κ3) is 15.5. The minimum atomic E-state index is -0.0723. The minimum absolute atomic E-state index is 0.0723. The molecule has 0 unspecified atom stereocenters. The number of fused-ring (bicyclic) bond motifs is 4. The van der Waals surface area contributed by atoms with E-state index in [1.807, 2.05) is 145 Å². The number of hydrogen-bond donors (Lipinski definition) is 4. The van der Waals surface area contributed by atoms with E-state index in [1.54, 1.807) is 0 Å². The van der Waals surface area contributed by atoms with Gasteiger partial charge in [-0.3, -0.25) is 5.41 Å². The van der Waals surface area contributed by atoms with Gasteiger partial charge in [-0.05, 0) is 126 Å². The molecule has 72 heavy (non-hydrogen) atoms. The highest BCUT2D eigenvalue weighted by Crippen LogP contribution is 2.48. The molecule has 4 nitrogen and oxygen atoms in total. The van der Waals surface area contributed by atoms with Gasteiger partial charge in [-0.1, -0.05) is 241 Å². The van der Waals surface area contributed by atoms with Gasteiger partial charge in [-0.25, -0.2) is 0 Å². The molecule has 0 saturated heterocycles. The Morgan fingerprint density at radius 1 is 0.542 bits per heavy atom. The lowest BCUT2D eigenvalue weighted by Crippen LogP contribution is -2.16. The standard InChI is InChI=1S/C26H22N2.C13H14.C12H14.C7H9N.C6H7N.2C2H6/c1-26(2)22-10-6-5-9-19(22)20-13-12-17(15-23(20)26)24(27)21-14-11-16-7-3-4-8-18(16)25(21)28;1-11-7-5-6-10-13(11)12-8-3-2-4-9-12;1-3-8-11(4-2)12-9-6-5-7-10-12;1-6-2-4-7(8)5-3-6;7-6-4-2-1-3-5-6;2*1-2/h3-15,27H,28H2,1-2H3;3,5-10H,2,4H2,1H3;3-10H,1-2H3;2-5H,8H2,1H3;1-5H,7H2;2*1-2H3/b;;8-3-,11-4+;;;;. The van der Waals surface area contributed by atoms with E-state index < -0.39 is 0 Å². The summed E-state index contributed by atoms with van der Waals surface area (Å²) in [6, 6.07) is 63.3. The van der Waals surface area contributed by atoms with E-state index in [9.17, 15) is 0 Å². The number of para-hydroxylation sites is 1. The van der Waals surface area contributed by atoms with E-state index in [0.29, 0.717) is 11.4 Å². The first-order valence-electron chi connectivity index (χ1n) is 25.4. The van der Waals surface area contributed by atoms with Crippen LogP contribution in [0, 0.1) is 19.3 Å². The molecule has 0 saturated carbocycles. The van der Waals surface area contributed by atoms with Gasteiger partial charge in [0.05, 0.1) is 5.71 Å². The molecule has 10 rings (SSSR count). The van der Waals surface area contributed by atoms with Crippen molar-refractivity contribution in [3.05, 3.63) is 269 Å². The van der Waals surface area contributed by atoms with Gasteiger partial charge >= 0.3 is 0 Å². The molecule has 0 amide bonds. The molecule has 8 aromatic rings. The van der Waals surface area contributed by atoms with E-state index in [4.69, 9.17) is 22.6 Å². The van der Waals surface area contributed by atoms with Gasteiger partial charge < -0.3 is 17.2 Å². The lowest BCUT2D eigenvalue weighted by Gasteiger charge is -2.22. The SMILES string of the molecule is C/C=C\C(=C/C)c1ccccc1.CC.CC.CC1(C)c2ccccc2-c2ccc(C(=N)c3ccc4ccccc4c3N)cc21.Cc1ccc(N)cc1.Cc1ccccc1C1=CCCC=C1.Nc1ccccc1. The van der Waals surface area contributed by atoms with Crippen LogP contribution < -0.4 is 17.2 Å². The maximum Gasteiger partial charge on any atom is 0.0705 e. The van der Waals surface area contributed by atoms with E-state index >= 15 is 0 Å². The predicted octanol–water partition coefficient (Wildman–Crippen LogP) is 18.4. The van der Waals surface area contributed by atoms with Crippen molar-refractivity contribution < 1.29 is 0 Å². The molecule has 0 spiro atoms. The number of anilines is 3. The smallest absolute Gasteiger partial charge is 0.0705 e. The molecule has 0 aliphatic heterocycles. The van der Waals surface area contributed by atoms with Crippen LogP contribution in [0.5, 0.6) is 0 Å². The molecular weight excluding hydrogens is 873 g/mol. The number of benzene rings is 8. The molecular formula is C68H78N4. The summed E-state index contributed by atoms with van der Waals surface area (Å²) in [7, 11) is 0. The van der Waals surface area contributed by atoms with Crippen molar-refractivity contribution in [3.8, 4) is 11.1 Å². The van der Waals surface area contributed by atoms with Crippen molar-refractivity contribution >= 4 is 44.7 Å². The number of rotatable bonds is 5. The Bertz CT molecular complexity index is 3020. The highest BCUT2D eigenvalue weighted by atomic mass is 14.6. The van der Waals surface area contributed by atoms with Gasteiger partial charge in [-0.15, -0.1) is 0 Å². The van der Waals surface area contributed by atoms with E-state index in [1.165, 1.54) is 68.5 Å². The van der Waals surface area contributed by atoms with Crippen LogP contribution in [0.4, 0.5) is 17.1 Å². The predicted molar refractivity (Wildman–Crippen MR) is 320 cm³/mol. The Kier molecular flexibility index (Phi) is 23.0. The summed E-state index contributed by atoms with van der Waals surface area (Å²) in [4.78, 5) is 0. The monoisotopic (exact) mass is 951 g/mol. The number of nitrogens with two attached hydrogens (primary N) is 3. The fraction of sp³-hybridized carbons (Fsp3) is 0.191. The van der Waals surface area contributed by atoms with Crippen LogP contribution in [0.25, 0.3) is 33.0 Å². The topological polar surface area (TPSA) is 102 Å². The fourth-order valence-corrected chi connectivity index (χ4v) is 8.43. The van der Waals surface area contributed by atoms with Crippen LogP contribution >= 0.6 is 0 Å². The number of nitrogens with one attached hydrogen (secondary N) is 1. The summed E-state index contributed by atoms with van der Waals surface area (Å²) in [5.74, 6) is 0. The molecule has 2 aliphatic rings. The van der Waals surface area contributed by atoms with Gasteiger partial charge in [0, 0.05) is 39.0 Å². The van der Waals surface area contributed by atoms with Gasteiger partial charge in [-0.2, -0.15) is 0 Å². The van der Waals surface area contributed by atoms with Crippen molar-refractivity contribution in [2.45, 2.75) is 87.5 Å².